The highest BCUT2D eigenvalue weighted by atomic mass is 32.1. The molecule has 0 atom stereocenters. The van der Waals surface area contributed by atoms with E-state index < -0.39 is 0 Å². The Morgan fingerprint density at radius 1 is 1.37 bits per heavy atom. The van der Waals surface area contributed by atoms with Gasteiger partial charge in [-0.1, -0.05) is 11.3 Å². The normalized spacial score (nSPS) is 10.2. The minimum absolute atomic E-state index is 0.0848. The fourth-order valence-electron chi connectivity index (χ4n) is 1.32. The fourth-order valence-corrected chi connectivity index (χ4v) is 1.90. The second kappa shape index (κ2) is 6.14. The summed E-state index contributed by atoms with van der Waals surface area (Å²) in [4.78, 5) is 25.9. The van der Waals surface area contributed by atoms with Gasteiger partial charge in [-0.15, -0.1) is 0 Å². The Morgan fingerprint density at radius 3 is 2.79 bits per heavy atom. The van der Waals surface area contributed by atoms with E-state index in [1.54, 1.807) is 12.4 Å². The van der Waals surface area contributed by atoms with Crippen LogP contribution in [0, 0.1) is 0 Å². The molecule has 2 aromatic rings. The van der Waals surface area contributed by atoms with Gasteiger partial charge in [0.1, 0.15) is 0 Å². The van der Waals surface area contributed by atoms with Crippen LogP contribution >= 0.6 is 11.3 Å². The van der Waals surface area contributed by atoms with Gasteiger partial charge >= 0.3 is 10.9 Å². The number of thiazole rings is 1. The number of anilines is 2. The van der Waals surface area contributed by atoms with Gasteiger partial charge in [-0.3, -0.25) is 4.79 Å². The van der Waals surface area contributed by atoms with E-state index in [0.29, 0.717) is 25.0 Å². The number of nitrogens with zero attached hydrogens (tertiary/aromatic N) is 3. The zero-order valence-corrected chi connectivity index (χ0v) is 11.4. The molecule has 2 heterocycles. The highest BCUT2D eigenvalue weighted by molar-refractivity contribution is 7.07. The minimum atomic E-state index is -0.0848. The quantitative estimate of drug-likeness (QED) is 0.715. The number of H-pyrrole nitrogens is 1. The van der Waals surface area contributed by atoms with Gasteiger partial charge < -0.3 is 20.4 Å². The summed E-state index contributed by atoms with van der Waals surface area (Å²) < 4.78 is 5.25. The highest BCUT2D eigenvalue weighted by Crippen LogP contribution is 2.11. The van der Waals surface area contributed by atoms with Crippen LogP contribution in [0.5, 0.6) is 6.01 Å². The molecule has 102 valence electrons. The van der Waals surface area contributed by atoms with Crippen LogP contribution in [0.3, 0.4) is 0 Å². The third-order valence-corrected chi connectivity index (χ3v) is 2.84. The summed E-state index contributed by atoms with van der Waals surface area (Å²) in [5.74, 6) is 0.801. The van der Waals surface area contributed by atoms with Gasteiger partial charge in [0.25, 0.3) is 0 Å². The Morgan fingerprint density at radius 2 is 2.16 bits per heavy atom. The average Bonchev–Trinajstić information content (AvgIpc) is 2.82. The first kappa shape index (κ1) is 13.3. The van der Waals surface area contributed by atoms with Gasteiger partial charge in [-0.05, 0) is 6.92 Å². The predicted octanol–water partition coefficient (Wildman–Crippen LogP) is 0.674. The molecule has 0 fully saturated rings. The zero-order chi connectivity index (χ0) is 13.7. The third kappa shape index (κ3) is 3.65. The van der Waals surface area contributed by atoms with Crippen molar-refractivity contribution in [1.82, 2.24) is 19.9 Å². The lowest BCUT2D eigenvalue weighted by Crippen LogP contribution is -2.10. The summed E-state index contributed by atoms with van der Waals surface area (Å²) in [6.45, 7) is 2.76. The van der Waals surface area contributed by atoms with Crippen LogP contribution < -0.4 is 20.2 Å². The molecule has 0 aromatic carbocycles. The van der Waals surface area contributed by atoms with Gasteiger partial charge in [0.05, 0.1) is 13.2 Å². The molecule has 9 heteroatoms. The van der Waals surface area contributed by atoms with E-state index in [-0.39, 0.29) is 10.9 Å². The van der Waals surface area contributed by atoms with Crippen molar-refractivity contribution in [2.45, 2.75) is 13.5 Å². The van der Waals surface area contributed by atoms with E-state index in [1.807, 2.05) is 6.92 Å². The molecule has 0 spiro atoms. The van der Waals surface area contributed by atoms with Gasteiger partial charge in [-0.25, -0.2) is 0 Å². The van der Waals surface area contributed by atoms with Crippen LogP contribution in [-0.2, 0) is 6.54 Å². The Hall–Kier alpha value is -2.16. The Labute approximate surface area is 113 Å². The lowest BCUT2D eigenvalue weighted by atomic mass is 10.5. The molecule has 0 aliphatic heterocycles. The van der Waals surface area contributed by atoms with Crippen molar-refractivity contribution in [2.24, 2.45) is 0 Å². The number of hydrogen-bond acceptors (Lipinski definition) is 8. The van der Waals surface area contributed by atoms with E-state index in [2.05, 4.69) is 30.6 Å². The smallest absolute Gasteiger partial charge is 0.323 e. The van der Waals surface area contributed by atoms with Crippen LogP contribution in [0.1, 0.15) is 12.6 Å². The molecule has 8 nitrogen and oxygen atoms in total. The van der Waals surface area contributed by atoms with Gasteiger partial charge in [0.15, 0.2) is 0 Å². The molecular weight excluding hydrogens is 268 g/mol. The average molecular weight is 282 g/mol. The fraction of sp³-hybridized carbons (Fsp3) is 0.400. The number of hydrogen-bond donors (Lipinski definition) is 3. The predicted molar refractivity (Wildman–Crippen MR) is 72.8 cm³/mol. The summed E-state index contributed by atoms with van der Waals surface area (Å²) in [5.41, 5.74) is 0.777. The van der Waals surface area contributed by atoms with Crippen LogP contribution in [0.15, 0.2) is 10.2 Å². The van der Waals surface area contributed by atoms with Crippen molar-refractivity contribution in [1.29, 1.82) is 0 Å². The molecule has 0 radical (unpaired) electrons. The molecule has 19 heavy (non-hydrogen) atoms. The van der Waals surface area contributed by atoms with Crippen molar-refractivity contribution in [2.75, 3.05) is 24.3 Å². The zero-order valence-electron chi connectivity index (χ0n) is 10.6. The first-order chi connectivity index (χ1) is 9.21. The van der Waals surface area contributed by atoms with E-state index >= 15 is 0 Å². The maximum Gasteiger partial charge on any atom is 0.323 e. The van der Waals surface area contributed by atoms with E-state index in [9.17, 15) is 4.79 Å². The summed E-state index contributed by atoms with van der Waals surface area (Å²) in [6.07, 6.45) is 0. The number of ether oxygens (including phenoxy) is 1. The number of nitrogens with one attached hydrogen (secondary N) is 3. The highest BCUT2D eigenvalue weighted by Gasteiger charge is 2.06. The van der Waals surface area contributed by atoms with Gasteiger partial charge in [0, 0.05) is 18.1 Å². The van der Waals surface area contributed by atoms with Crippen molar-refractivity contribution in [3.8, 4) is 6.01 Å². The lowest BCUT2D eigenvalue weighted by Gasteiger charge is -2.07. The molecule has 0 bridgehead atoms. The minimum Gasteiger partial charge on any atom is -0.464 e. The molecule has 0 saturated carbocycles. The van der Waals surface area contributed by atoms with Crippen LogP contribution in [0.2, 0.25) is 0 Å². The second-order valence-electron chi connectivity index (χ2n) is 3.48. The molecule has 0 saturated heterocycles. The van der Waals surface area contributed by atoms with Crippen molar-refractivity contribution < 1.29 is 4.74 Å². The molecule has 2 aromatic heterocycles. The van der Waals surface area contributed by atoms with Gasteiger partial charge in [0.2, 0.25) is 11.9 Å². The van der Waals surface area contributed by atoms with Crippen LogP contribution in [0.25, 0.3) is 0 Å². The molecule has 2 rings (SSSR count). The Kier molecular flexibility index (Phi) is 4.29. The van der Waals surface area contributed by atoms with Crippen molar-refractivity contribution in [3.05, 3.63) is 20.7 Å². The summed E-state index contributed by atoms with van der Waals surface area (Å²) in [6, 6.07) is 0.253. The third-order valence-electron chi connectivity index (χ3n) is 2.12. The SMILES string of the molecule is CCOc1nc(NC)nc(NCc2csc(=O)[nH]2)n1. The number of rotatable bonds is 6. The first-order valence-electron chi connectivity index (χ1n) is 5.68. The summed E-state index contributed by atoms with van der Waals surface area (Å²) in [5, 5.41) is 7.58. The van der Waals surface area contributed by atoms with Gasteiger partial charge in [-0.2, -0.15) is 15.0 Å². The van der Waals surface area contributed by atoms with Crippen molar-refractivity contribution in [3.63, 3.8) is 0 Å². The second-order valence-corrected chi connectivity index (χ2v) is 4.32. The van der Waals surface area contributed by atoms with E-state index in [1.165, 1.54) is 0 Å². The van der Waals surface area contributed by atoms with Crippen LogP contribution in [-0.4, -0.2) is 33.6 Å². The topological polar surface area (TPSA) is 105 Å². The standard InChI is InChI=1S/C10H14N6O2S/c1-3-18-9-15-7(11-2)14-8(16-9)12-4-6-5-19-10(17)13-6/h5H,3-4H2,1-2H3,(H,13,17)(H2,11,12,14,15,16). The number of aromatic amines is 1. The Bertz CT molecular complexity index is 596. The summed E-state index contributed by atoms with van der Waals surface area (Å²) >= 11 is 1.12. The van der Waals surface area contributed by atoms with E-state index in [0.717, 1.165) is 17.0 Å². The molecule has 0 aliphatic carbocycles. The molecule has 0 unspecified atom stereocenters. The lowest BCUT2D eigenvalue weighted by molar-refractivity contribution is 0.312. The number of aromatic nitrogens is 4. The van der Waals surface area contributed by atoms with Crippen molar-refractivity contribution >= 4 is 23.2 Å². The van der Waals surface area contributed by atoms with Crippen LogP contribution in [0.4, 0.5) is 11.9 Å². The monoisotopic (exact) mass is 282 g/mol. The largest absolute Gasteiger partial charge is 0.464 e. The summed E-state index contributed by atoms with van der Waals surface area (Å²) in [7, 11) is 1.71. The molecular formula is C10H14N6O2S. The molecule has 0 amide bonds. The van der Waals surface area contributed by atoms with E-state index in [4.69, 9.17) is 4.74 Å². The molecule has 3 N–H and O–H groups in total. The molecule has 0 aliphatic rings. The first-order valence-corrected chi connectivity index (χ1v) is 6.56. The maximum absolute atomic E-state index is 11.0. The maximum atomic E-state index is 11.0. The Balaban J connectivity index is 2.10.